The standard InChI is InChI=1S/C11H13F3N2O2/c12-11(13,14)7-5-9(15)10(17)16(6-7)8-1-3-18-4-2-8/h5-6,8H,1-4,15H2. The van der Waals surface area contributed by atoms with Gasteiger partial charge in [0.05, 0.1) is 11.3 Å². The molecule has 100 valence electrons. The predicted molar refractivity (Wildman–Crippen MR) is 59.2 cm³/mol. The van der Waals surface area contributed by atoms with Crippen LogP contribution in [0.2, 0.25) is 0 Å². The molecule has 0 amide bonds. The molecule has 0 aliphatic carbocycles. The lowest BCUT2D eigenvalue weighted by atomic mass is 10.1. The van der Waals surface area contributed by atoms with Gasteiger partial charge in [-0.25, -0.2) is 0 Å². The SMILES string of the molecule is Nc1cc(C(F)(F)F)cn(C2CCOCC2)c1=O. The van der Waals surface area contributed by atoms with Crippen molar-refractivity contribution in [3.05, 3.63) is 28.2 Å². The van der Waals surface area contributed by atoms with Gasteiger partial charge in [-0.2, -0.15) is 13.2 Å². The van der Waals surface area contributed by atoms with Gasteiger partial charge in [0.2, 0.25) is 0 Å². The Bertz CT molecular complexity index is 490. The van der Waals surface area contributed by atoms with Gasteiger partial charge in [-0.15, -0.1) is 0 Å². The van der Waals surface area contributed by atoms with Crippen LogP contribution in [0.15, 0.2) is 17.1 Å². The number of nitrogens with two attached hydrogens (primary N) is 1. The van der Waals surface area contributed by atoms with Crippen molar-refractivity contribution in [1.82, 2.24) is 4.57 Å². The van der Waals surface area contributed by atoms with E-state index in [-0.39, 0.29) is 11.7 Å². The van der Waals surface area contributed by atoms with E-state index < -0.39 is 17.3 Å². The van der Waals surface area contributed by atoms with Crippen molar-refractivity contribution >= 4 is 5.69 Å². The van der Waals surface area contributed by atoms with Gasteiger partial charge in [0.1, 0.15) is 0 Å². The number of rotatable bonds is 1. The maximum absolute atomic E-state index is 12.7. The van der Waals surface area contributed by atoms with E-state index in [0.717, 1.165) is 10.8 Å². The third kappa shape index (κ3) is 2.50. The Morgan fingerprint density at radius 3 is 2.50 bits per heavy atom. The quantitative estimate of drug-likeness (QED) is 0.839. The molecule has 18 heavy (non-hydrogen) atoms. The van der Waals surface area contributed by atoms with E-state index in [1.165, 1.54) is 0 Å². The van der Waals surface area contributed by atoms with E-state index in [1.807, 2.05) is 0 Å². The molecule has 1 fully saturated rings. The number of hydrogen-bond acceptors (Lipinski definition) is 3. The average Bonchev–Trinajstić information content (AvgIpc) is 2.32. The van der Waals surface area contributed by atoms with Crippen LogP contribution in [0.3, 0.4) is 0 Å². The fourth-order valence-electron chi connectivity index (χ4n) is 2.01. The molecule has 2 rings (SSSR count). The Balaban J connectivity index is 2.45. The molecule has 0 saturated carbocycles. The number of nitrogen functional groups attached to an aromatic ring is 1. The molecule has 1 saturated heterocycles. The minimum atomic E-state index is -4.51. The zero-order chi connectivity index (χ0) is 13.3. The topological polar surface area (TPSA) is 57.2 Å². The second-order valence-electron chi connectivity index (χ2n) is 4.24. The Kier molecular flexibility index (Phi) is 3.34. The number of alkyl halides is 3. The molecule has 1 aromatic rings. The van der Waals surface area contributed by atoms with Gasteiger partial charge in [-0.05, 0) is 18.9 Å². The highest BCUT2D eigenvalue weighted by Crippen LogP contribution is 2.30. The highest BCUT2D eigenvalue weighted by molar-refractivity contribution is 5.39. The summed E-state index contributed by atoms with van der Waals surface area (Å²) in [6.45, 7) is 0.876. The van der Waals surface area contributed by atoms with Crippen molar-refractivity contribution in [2.75, 3.05) is 18.9 Å². The van der Waals surface area contributed by atoms with Gasteiger partial charge >= 0.3 is 6.18 Å². The molecule has 2 N–H and O–H groups in total. The summed E-state index contributed by atoms with van der Waals surface area (Å²) in [4.78, 5) is 11.8. The van der Waals surface area contributed by atoms with Crippen LogP contribution in [-0.2, 0) is 10.9 Å². The van der Waals surface area contributed by atoms with Crippen LogP contribution in [0, 0.1) is 0 Å². The summed E-state index contributed by atoms with van der Waals surface area (Å²) >= 11 is 0. The largest absolute Gasteiger partial charge is 0.417 e. The molecule has 1 aliphatic rings. The summed E-state index contributed by atoms with van der Waals surface area (Å²) in [5, 5.41) is 0. The van der Waals surface area contributed by atoms with Crippen LogP contribution in [0.1, 0.15) is 24.4 Å². The lowest BCUT2D eigenvalue weighted by Crippen LogP contribution is -2.31. The number of ether oxygens (including phenoxy) is 1. The molecule has 1 aliphatic heterocycles. The highest BCUT2D eigenvalue weighted by Gasteiger charge is 2.32. The Morgan fingerprint density at radius 2 is 1.94 bits per heavy atom. The molecule has 4 nitrogen and oxygen atoms in total. The van der Waals surface area contributed by atoms with Gasteiger partial charge in [0.25, 0.3) is 5.56 Å². The lowest BCUT2D eigenvalue weighted by Gasteiger charge is -2.25. The molecule has 1 aromatic heterocycles. The third-order valence-electron chi connectivity index (χ3n) is 2.98. The Morgan fingerprint density at radius 1 is 1.33 bits per heavy atom. The maximum Gasteiger partial charge on any atom is 0.417 e. The highest BCUT2D eigenvalue weighted by atomic mass is 19.4. The maximum atomic E-state index is 12.7. The second-order valence-corrected chi connectivity index (χ2v) is 4.24. The van der Waals surface area contributed by atoms with Crippen molar-refractivity contribution in [2.45, 2.75) is 25.1 Å². The van der Waals surface area contributed by atoms with Gasteiger partial charge in [-0.3, -0.25) is 4.79 Å². The van der Waals surface area contributed by atoms with E-state index in [0.29, 0.717) is 32.1 Å². The monoisotopic (exact) mass is 262 g/mol. The first-order valence-electron chi connectivity index (χ1n) is 5.56. The molecule has 0 atom stereocenters. The molecule has 0 radical (unpaired) electrons. The summed E-state index contributed by atoms with van der Waals surface area (Å²) in [5.41, 5.74) is 3.51. The molecule has 0 unspecified atom stereocenters. The van der Waals surface area contributed by atoms with Crippen molar-refractivity contribution in [3.63, 3.8) is 0 Å². The summed E-state index contributed by atoms with van der Waals surface area (Å²) in [5.74, 6) is 0. The van der Waals surface area contributed by atoms with Crippen LogP contribution in [0.4, 0.5) is 18.9 Å². The summed E-state index contributed by atoms with van der Waals surface area (Å²) in [6.07, 6.45) is -2.63. The Hall–Kier alpha value is -1.50. The fourth-order valence-corrected chi connectivity index (χ4v) is 2.01. The zero-order valence-electron chi connectivity index (χ0n) is 9.54. The molecule has 7 heteroatoms. The normalized spacial score (nSPS) is 17.9. The van der Waals surface area contributed by atoms with Gasteiger partial charge in [-0.1, -0.05) is 0 Å². The first-order chi connectivity index (χ1) is 8.39. The zero-order valence-corrected chi connectivity index (χ0v) is 9.54. The smallest absolute Gasteiger partial charge is 0.394 e. The van der Waals surface area contributed by atoms with Crippen LogP contribution in [0.25, 0.3) is 0 Å². The summed E-state index contributed by atoms with van der Waals surface area (Å²) in [6, 6.07) is 0.397. The molecule has 0 spiro atoms. The number of hydrogen-bond donors (Lipinski definition) is 1. The van der Waals surface area contributed by atoms with E-state index in [4.69, 9.17) is 10.5 Å². The summed E-state index contributed by atoms with van der Waals surface area (Å²) in [7, 11) is 0. The number of anilines is 1. The van der Waals surface area contributed by atoms with Gasteiger partial charge in [0.15, 0.2) is 0 Å². The number of pyridine rings is 1. The van der Waals surface area contributed by atoms with Crippen LogP contribution < -0.4 is 11.3 Å². The van der Waals surface area contributed by atoms with E-state index in [1.54, 1.807) is 0 Å². The third-order valence-corrected chi connectivity index (χ3v) is 2.98. The van der Waals surface area contributed by atoms with Gasteiger partial charge in [0, 0.05) is 25.5 Å². The minimum Gasteiger partial charge on any atom is -0.394 e. The van der Waals surface area contributed by atoms with Gasteiger partial charge < -0.3 is 15.0 Å². The number of nitrogens with zero attached hydrogens (tertiary/aromatic N) is 1. The van der Waals surface area contributed by atoms with Crippen molar-refractivity contribution in [2.24, 2.45) is 0 Å². The van der Waals surface area contributed by atoms with Crippen LogP contribution >= 0.6 is 0 Å². The molecule has 2 heterocycles. The Labute approximate surface area is 101 Å². The predicted octanol–water partition coefficient (Wildman–Crippen LogP) is 1.80. The van der Waals surface area contributed by atoms with Crippen LogP contribution in [-0.4, -0.2) is 17.8 Å². The van der Waals surface area contributed by atoms with Crippen molar-refractivity contribution in [1.29, 1.82) is 0 Å². The number of aromatic nitrogens is 1. The average molecular weight is 262 g/mol. The fraction of sp³-hybridized carbons (Fsp3) is 0.545. The van der Waals surface area contributed by atoms with Crippen molar-refractivity contribution in [3.8, 4) is 0 Å². The van der Waals surface area contributed by atoms with E-state index in [9.17, 15) is 18.0 Å². The number of halogens is 3. The van der Waals surface area contributed by atoms with E-state index in [2.05, 4.69) is 0 Å². The molecule has 0 bridgehead atoms. The first-order valence-corrected chi connectivity index (χ1v) is 5.56. The second kappa shape index (κ2) is 4.64. The van der Waals surface area contributed by atoms with E-state index >= 15 is 0 Å². The molecule has 0 aromatic carbocycles. The molecular formula is C11H13F3N2O2. The first kappa shape index (κ1) is 12.9. The van der Waals surface area contributed by atoms with Crippen LogP contribution in [0.5, 0.6) is 0 Å². The summed E-state index contributed by atoms with van der Waals surface area (Å²) < 4.78 is 44.2. The lowest BCUT2D eigenvalue weighted by molar-refractivity contribution is -0.138. The van der Waals surface area contributed by atoms with Crippen molar-refractivity contribution < 1.29 is 17.9 Å². The minimum absolute atomic E-state index is 0.282. The molecular weight excluding hydrogens is 249 g/mol.